The number of nitrogens with zero attached hydrogens (tertiary/aromatic N) is 4. The fraction of sp³-hybridized carbons (Fsp3) is 0.556. The largest absolute Gasteiger partial charge is 0.354 e. The third-order valence-electron chi connectivity index (χ3n) is 7.39. The summed E-state index contributed by atoms with van der Waals surface area (Å²) in [7, 11) is 1.81. The van der Waals surface area contributed by atoms with Crippen molar-refractivity contribution in [1.82, 2.24) is 9.97 Å². The van der Waals surface area contributed by atoms with Gasteiger partial charge in [0.15, 0.2) is 5.82 Å². The molecule has 1 aliphatic carbocycles. The van der Waals surface area contributed by atoms with Crippen molar-refractivity contribution < 1.29 is 14.0 Å². The summed E-state index contributed by atoms with van der Waals surface area (Å²) in [5.74, 6) is 1.68. The van der Waals surface area contributed by atoms with Crippen LogP contribution in [-0.2, 0) is 9.59 Å². The first-order chi connectivity index (χ1) is 16.4. The van der Waals surface area contributed by atoms with Gasteiger partial charge in [-0.3, -0.25) is 9.59 Å². The van der Waals surface area contributed by atoms with Gasteiger partial charge in [-0.25, -0.2) is 9.37 Å². The third-order valence-corrected chi connectivity index (χ3v) is 7.39. The molecule has 1 saturated heterocycles. The highest BCUT2D eigenvalue weighted by Crippen LogP contribution is 2.40. The highest BCUT2D eigenvalue weighted by atomic mass is 32.1. The van der Waals surface area contributed by atoms with E-state index in [1.165, 1.54) is 12.1 Å². The molecule has 0 unspecified atom stereocenters. The lowest BCUT2D eigenvalue weighted by Gasteiger charge is -2.37. The smallest absolute Gasteiger partial charge is 0.249 e. The second-order valence-corrected chi connectivity index (χ2v) is 9.65. The van der Waals surface area contributed by atoms with Crippen LogP contribution in [0.25, 0.3) is 0 Å². The highest BCUT2D eigenvalue weighted by molar-refractivity contribution is 7.59. The molecule has 204 valence electrons. The number of hydrogen-bond donors (Lipinski definition) is 2. The molecular formula is C27H41FN6O2S. The number of fused-ring (bicyclic) bond motifs is 3. The van der Waals surface area contributed by atoms with E-state index in [1.54, 1.807) is 17.0 Å². The standard InChI is InChI=1S/C25H31FN6O2.2CH4.H2S/c1-15-21-22(32-13-3-4-20(32)24(34)31(21)2)30-25(28-15)27-14-16-5-7-17(8-6-16)23(33)29-19-11-9-18(26)10-12-19;;;/h9-12,16-17,20H,3-8,13-14H2,1-2H3,(H,29,33)(H,27,28,30);2*1H4;1H2/t16?,17?,20-;;;/m0.../s1. The predicted molar refractivity (Wildman–Crippen MR) is 153 cm³/mol. The number of likely N-dealkylation sites (N-methyl/N-ethyl adjacent to an activating group) is 1. The van der Waals surface area contributed by atoms with Gasteiger partial charge in [0.1, 0.15) is 17.5 Å². The van der Waals surface area contributed by atoms with E-state index in [1.807, 2.05) is 14.0 Å². The van der Waals surface area contributed by atoms with Crippen LogP contribution in [0.3, 0.4) is 0 Å². The number of carbonyl (C=O) groups excluding carboxylic acids is 2. The molecule has 0 spiro atoms. The zero-order valence-corrected chi connectivity index (χ0v) is 21.2. The molecular weight excluding hydrogens is 491 g/mol. The van der Waals surface area contributed by atoms with E-state index < -0.39 is 0 Å². The van der Waals surface area contributed by atoms with Crippen molar-refractivity contribution in [2.45, 2.75) is 66.3 Å². The summed E-state index contributed by atoms with van der Waals surface area (Å²) in [6.45, 7) is 3.52. The molecule has 1 aromatic carbocycles. The molecule has 0 bridgehead atoms. The number of amides is 2. The number of halogens is 1. The number of anilines is 4. The van der Waals surface area contributed by atoms with Crippen LogP contribution in [0.15, 0.2) is 24.3 Å². The molecule has 3 heterocycles. The molecule has 3 aliphatic rings. The monoisotopic (exact) mass is 532 g/mol. The van der Waals surface area contributed by atoms with Crippen LogP contribution in [0.4, 0.5) is 27.5 Å². The van der Waals surface area contributed by atoms with Crippen LogP contribution in [0, 0.1) is 24.6 Å². The van der Waals surface area contributed by atoms with Crippen LogP contribution < -0.4 is 20.4 Å². The number of rotatable bonds is 5. The molecule has 8 nitrogen and oxygen atoms in total. The van der Waals surface area contributed by atoms with Crippen LogP contribution in [0.1, 0.15) is 59.1 Å². The first-order valence-corrected chi connectivity index (χ1v) is 12.1. The Kier molecular flexibility index (Phi) is 10.3. The topological polar surface area (TPSA) is 90.5 Å². The SMILES string of the molecule is C.C.Cc1nc(NCC2CCC(C(=O)Nc3ccc(F)cc3)CC2)nc2c1N(C)C(=O)[C@@H]1CCCN21.S. The van der Waals surface area contributed by atoms with Gasteiger partial charge in [-0.15, -0.1) is 0 Å². The van der Waals surface area contributed by atoms with Gasteiger partial charge >= 0.3 is 0 Å². The van der Waals surface area contributed by atoms with E-state index in [-0.39, 0.29) is 57.9 Å². The highest BCUT2D eigenvalue weighted by Gasteiger charge is 2.41. The number of benzene rings is 1. The Morgan fingerprint density at radius 3 is 2.43 bits per heavy atom. The number of nitrogens with one attached hydrogen (secondary N) is 2. The van der Waals surface area contributed by atoms with Gasteiger partial charge in [0.05, 0.1) is 5.69 Å². The van der Waals surface area contributed by atoms with E-state index in [0.717, 1.165) is 68.8 Å². The van der Waals surface area contributed by atoms with Crippen molar-refractivity contribution in [1.29, 1.82) is 0 Å². The predicted octanol–water partition coefficient (Wildman–Crippen LogP) is 5.11. The van der Waals surface area contributed by atoms with Crippen molar-refractivity contribution in [3.05, 3.63) is 35.8 Å². The van der Waals surface area contributed by atoms with Gasteiger partial charge in [-0.05, 0) is 75.6 Å². The summed E-state index contributed by atoms with van der Waals surface area (Å²) in [6, 6.07) is 5.75. The lowest BCUT2D eigenvalue weighted by atomic mass is 9.81. The number of aromatic nitrogens is 2. The van der Waals surface area contributed by atoms with Crippen molar-refractivity contribution in [3.63, 3.8) is 0 Å². The number of aryl methyl sites for hydroxylation is 1. The average Bonchev–Trinajstić information content (AvgIpc) is 3.33. The van der Waals surface area contributed by atoms with Gasteiger partial charge in [0.25, 0.3) is 0 Å². The summed E-state index contributed by atoms with van der Waals surface area (Å²) in [5.41, 5.74) is 2.24. The minimum absolute atomic E-state index is 0. The molecule has 1 aromatic heterocycles. The Morgan fingerprint density at radius 1 is 1.08 bits per heavy atom. The molecule has 2 N–H and O–H groups in total. The molecule has 0 radical (unpaired) electrons. The lowest BCUT2D eigenvalue weighted by molar-refractivity contribution is -0.121. The zero-order chi connectivity index (χ0) is 23.8. The Hall–Kier alpha value is -2.88. The molecule has 37 heavy (non-hydrogen) atoms. The zero-order valence-electron chi connectivity index (χ0n) is 20.2. The molecule has 10 heteroatoms. The summed E-state index contributed by atoms with van der Waals surface area (Å²) < 4.78 is 13.1. The maximum Gasteiger partial charge on any atom is 0.249 e. The van der Waals surface area contributed by atoms with Crippen molar-refractivity contribution in [2.24, 2.45) is 11.8 Å². The second kappa shape index (κ2) is 12.6. The fourth-order valence-electron chi connectivity index (χ4n) is 5.48. The first kappa shape index (κ1) is 30.3. The van der Waals surface area contributed by atoms with Gasteiger partial charge in [0.2, 0.25) is 17.8 Å². The maximum atomic E-state index is 13.1. The summed E-state index contributed by atoms with van der Waals surface area (Å²) in [4.78, 5) is 38.5. The van der Waals surface area contributed by atoms with Crippen molar-refractivity contribution in [2.75, 3.05) is 40.6 Å². The van der Waals surface area contributed by atoms with Crippen molar-refractivity contribution >= 4 is 48.5 Å². The van der Waals surface area contributed by atoms with E-state index in [4.69, 9.17) is 4.98 Å². The van der Waals surface area contributed by atoms with Crippen LogP contribution in [0.5, 0.6) is 0 Å². The quantitative estimate of drug-likeness (QED) is 0.556. The molecule has 1 atom stereocenters. The maximum absolute atomic E-state index is 13.1. The second-order valence-electron chi connectivity index (χ2n) is 9.65. The van der Waals surface area contributed by atoms with Crippen LogP contribution >= 0.6 is 13.5 Å². The third kappa shape index (κ3) is 6.17. The first-order valence-electron chi connectivity index (χ1n) is 12.1. The Morgan fingerprint density at radius 2 is 1.76 bits per heavy atom. The van der Waals surface area contributed by atoms with Gasteiger partial charge in [0, 0.05) is 31.7 Å². The number of hydrogen-bond acceptors (Lipinski definition) is 6. The summed E-state index contributed by atoms with van der Waals surface area (Å²) >= 11 is 0. The van der Waals surface area contributed by atoms with Crippen molar-refractivity contribution in [3.8, 4) is 0 Å². The van der Waals surface area contributed by atoms with Gasteiger partial charge in [-0.2, -0.15) is 18.5 Å². The minimum Gasteiger partial charge on any atom is -0.354 e. The lowest BCUT2D eigenvalue weighted by Crippen LogP contribution is -2.49. The van der Waals surface area contributed by atoms with Crippen LogP contribution in [0.2, 0.25) is 0 Å². The average molecular weight is 533 g/mol. The molecule has 2 fully saturated rings. The molecule has 2 amide bonds. The molecule has 5 rings (SSSR count). The normalized spacial score (nSPS) is 22.0. The summed E-state index contributed by atoms with van der Waals surface area (Å²) in [6.07, 6.45) is 5.41. The Balaban J connectivity index is 0.00000160. The molecule has 2 aromatic rings. The van der Waals surface area contributed by atoms with E-state index in [2.05, 4.69) is 20.5 Å². The van der Waals surface area contributed by atoms with Gasteiger partial charge < -0.3 is 20.4 Å². The molecule has 1 saturated carbocycles. The Bertz CT molecular complexity index is 1090. The molecule has 2 aliphatic heterocycles. The number of carbonyl (C=O) groups is 2. The van der Waals surface area contributed by atoms with E-state index in [0.29, 0.717) is 17.6 Å². The minimum atomic E-state index is -0.315. The van der Waals surface area contributed by atoms with E-state index in [9.17, 15) is 14.0 Å². The van der Waals surface area contributed by atoms with Crippen LogP contribution in [-0.4, -0.2) is 48.0 Å². The summed E-state index contributed by atoms with van der Waals surface area (Å²) in [5, 5.41) is 6.31. The Labute approximate surface area is 226 Å². The fourth-order valence-corrected chi connectivity index (χ4v) is 5.48. The van der Waals surface area contributed by atoms with E-state index >= 15 is 0 Å². The van der Waals surface area contributed by atoms with Gasteiger partial charge in [-0.1, -0.05) is 14.9 Å².